The van der Waals surface area contributed by atoms with E-state index in [9.17, 15) is 0 Å². The highest BCUT2D eigenvalue weighted by Crippen LogP contribution is 2.26. The van der Waals surface area contributed by atoms with E-state index < -0.39 is 0 Å². The summed E-state index contributed by atoms with van der Waals surface area (Å²) >= 11 is 11.6. The van der Waals surface area contributed by atoms with Gasteiger partial charge in [-0.15, -0.1) is 0 Å². The molecule has 0 aliphatic rings. The molecule has 4 heteroatoms. The molecule has 0 radical (unpaired) electrons. The average molecular weight is 220 g/mol. The maximum absolute atomic E-state index is 5.84. The highest BCUT2D eigenvalue weighted by Gasteiger charge is 2.09. The third kappa shape index (κ3) is 2.58. The van der Waals surface area contributed by atoms with Crippen LogP contribution >= 0.6 is 23.2 Å². The van der Waals surface area contributed by atoms with Crippen LogP contribution in [0.4, 0.5) is 0 Å². The van der Waals surface area contributed by atoms with Gasteiger partial charge >= 0.3 is 0 Å². The fourth-order valence-electron chi connectivity index (χ4n) is 1.08. The van der Waals surface area contributed by atoms with E-state index in [2.05, 4.69) is 0 Å². The molecule has 1 aromatic carbocycles. The minimum atomic E-state index is -0.116. The average Bonchev–Trinajstić information content (AvgIpc) is 2.13. The van der Waals surface area contributed by atoms with E-state index in [0.29, 0.717) is 16.6 Å². The molecular formula is C9H11Cl2NO. The molecule has 0 spiro atoms. The maximum Gasteiger partial charge on any atom is 0.0943 e. The fraction of sp³-hybridized carbons (Fsp3) is 0.333. The van der Waals surface area contributed by atoms with E-state index in [4.69, 9.17) is 33.7 Å². The smallest absolute Gasteiger partial charge is 0.0943 e. The number of hydrogen-bond acceptors (Lipinski definition) is 2. The van der Waals surface area contributed by atoms with Crippen LogP contribution in [0.5, 0.6) is 0 Å². The summed E-state index contributed by atoms with van der Waals surface area (Å²) in [5.74, 6) is 0. The first kappa shape index (κ1) is 10.8. The van der Waals surface area contributed by atoms with E-state index in [1.54, 1.807) is 19.2 Å². The van der Waals surface area contributed by atoms with Crippen molar-refractivity contribution in [3.05, 3.63) is 33.8 Å². The second-order valence-electron chi connectivity index (χ2n) is 2.63. The molecule has 0 amide bonds. The SMILES string of the molecule is CO[C@H](CN)c1ccc(Cl)c(Cl)c1. The van der Waals surface area contributed by atoms with Crippen LogP contribution in [-0.4, -0.2) is 13.7 Å². The molecule has 2 nitrogen and oxygen atoms in total. The quantitative estimate of drug-likeness (QED) is 0.849. The zero-order valence-corrected chi connectivity index (χ0v) is 8.77. The summed E-state index contributed by atoms with van der Waals surface area (Å²) in [6, 6.07) is 5.36. The van der Waals surface area contributed by atoms with Crippen molar-refractivity contribution < 1.29 is 4.74 Å². The van der Waals surface area contributed by atoms with Crippen molar-refractivity contribution in [2.24, 2.45) is 5.73 Å². The fourth-order valence-corrected chi connectivity index (χ4v) is 1.39. The van der Waals surface area contributed by atoms with Crippen LogP contribution < -0.4 is 5.73 Å². The van der Waals surface area contributed by atoms with E-state index in [-0.39, 0.29) is 6.10 Å². The van der Waals surface area contributed by atoms with Gasteiger partial charge in [-0.3, -0.25) is 0 Å². The second-order valence-corrected chi connectivity index (χ2v) is 3.45. The van der Waals surface area contributed by atoms with Gasteiger partial charge < -0.3 is 10.5 Å². The Kier molecular flexibility index (Phi) is 4.00. The van der Waals surface area contributed by atoms with Crippen LogP contribution in [0.15, 0.2) is 18.2 Å². The minimum Gasteiger partial charge on any atom is -0.375 e. The Balaban J connectivity index is 2.95. The molecule has 0 aliphatic carbocycles. The van der Waals surface area contributed by atoms with Gasteiger partial charge in [0.25, 0.3) is 0 Å². The van der Waals surface area contributed by atoms with Crippen molar-refractivity contribution in [1.29, 1.82) is 0 Å². The normalized spacial score (nSPS) is 12.9. The maximum atomic E-state index is 5.84. The highest BCUT2D eigenvalue weighted by atomic mass is 35.5. The highest BCUT2D eigenvalue weighted by molar-refractivity contribution is 6.42. The van der Waals surface area contributed by atoms with Crippen LogP contribution in [0.25, 0.3) is 0 Å². The zero-order chi connectivity index (χ0) is 9.84. The predicted octanol–water partition coefficient (Wildman–Crippen LogP) is 2.64. The molecule has 1 rings (SSSR count). The standard InChI is InChI=1S/C9H11Cl2NO/c1-13-9(5-12)6-2-3-7(10)8(11)4-6/h2-4,9H,5,12H2,1H3/t9-/m1/s1. The Morgan fingerprint density at radius 3 is 2.54 bits per heavy atom. The van der Waals surface area contributed by atoms with Crippen LogP contribution in [0.1, 0.15) is 11.7 Å². The van der Waals surface area contributed by atoms with Gasteiger partial charge in [-0.25, -0.2) is 0 Å². The number of methoxy groups -OCH3 is 1. The third-order valence-electron chi connectivity index (χ3n) is 1.81. The van der Waals surface area contributed by atoms with Crippen LogP contribution in [0.2, 0.25) is 10.0 Å². The summed E-state index contributed by atoms with van der Waals surface area (Å²) in [4.78, 5) is 0. The van der Waals surface area contributed by atoms with Gasteiger partial charge in [-0.1, -0.05) is 29.3 Å². The van der Waals surface area contributed by atoms with Gasteiger partial charge in [0.05, 0.1) is 16.1 Å². The molecule has 0 saturated carbocycles. The number of benzene rings is 1. The van der Waals surface area contributed by atoms with Gasteiger partial charge in [0.1, 0.15) is 0 Å². The third-order valence-corrected chi connectivity index (χ3v) is 2.55. The Morgan fingerprint density at radius 1 is 1.38 bits per heavy atom. The summed E-state index contributed by atoms with van der Waals surface area (Å²) in [5, 5.41) is 1.06. The molecule has 0 aromatic heterocycles. The van der Waals surface area contributed by atoms with Crippen LogP contribution in [0, 0.1) is 0 Å². The van der Waals surface area contributed by atoms with Crippen LogP contribution in [-0.2, 0) is 4.74 Å². The molecule has 0 unspecified atom stereocenters. The molecule has 2 N–H and O–H groups in total. The van der Waals surface area contributed by atoms with Crippen molar-refractivity contribution in [2.45, 2.75) is 6.10 Å². The Hall–Kier alpha value is -0.280. The Morgan fingerprint density at radius 2 is 2.08 bits per heavy atom. The number of halogens is 2. The molecule has 0 saturated heterocycles. The van der Waals surface area contributed by atoms with Gasteiger partial charge in [0.2, 0.25) is 0 Å². The lowest BCUT2D eigenvalue weighted by molar-refractivity contribution is 0.110. The topological polar surface area (TPSA) is 35.2 Å². The lowest BCUT2D eigenvalue weighted by Crippen LogP contribution is -2.13. The number of nitrogens with two attached hydrogens (primary N) is 1. The molecule has 1 aromatic rings. The molecule has 13 heavy (non-hydrogen) atoms. The minimum absolute atomic E-state index is 0.116. The first-order valence-corrected chi connectivity index (χ1v) is 4.62. The first-order chi connectivity index (χ1) is 6.19. The molecule has 0 fully saturated rings. The number of rotatable bonds is 3. The van der Waals surface area contributed by atoms with E-state index in [0.717, 1.165) is 5.56 Å². The van der Waals surface area contributed by atoms with Crippen molar-refractivity contribution >= 4 is 23.2 Å². The van der Waals surface area contributed by atoms with Crippen LogP contribution in [0.3, 0.4) is 0 Å². The lowest BCUT2D eigenvalue weighted by Gasteiger charge is -2.13. The summed E-state index contributed by atoms with van der Waals surface area (Å²) in [6.45, 7) is 0.425. The second kappa shape index (κ2) is 4.82. The molecule has 0 heterocycles. The Labute approximate surface area is 87.6 Å². The zero-order valence-electron chi connectivity index (χ0n) is 7.26. The molecular weight excluding hydrogens is 209 g/mol. The van der Waals surface area contributed by atoms with Crippen molar-refractivity contribution in [2.75, 3.05) is 13.7 Å². The summed E-state index contributed by atoms with van der Waals surface area (Å²) < 4.78 is 5.15. The summed E-state index contributed by atoms with van der Waals surface area (Å²) in [5.41, 5.74) is 6.45. The monoisotopic (exact) mass is 219 g/mol. The predicted molar refractivity (Wildman–Crippen MR) is 55.3 cm³/mol. The van der Waals surface area contributed by atoms with Gasteiger partial charge in [-0.2, -0.15) is 0 Å². The van der Waals surface area contributed by atoms with Gasteiger partial charge in [0.15, 0.2) is 0 Å². The molecule has 72 valence electrons. The molecule has 0 bridgehead atoms. The van der Waals surface area contributed by atoms with E-state index in [1.165, 1.54) is 0 Å². The van der Waals surface area contributed by atoms with Gasteiger partial charge in [0, 0.05) is 13.7 Å². The number of hydrogen-bond donors (Lipinski definition) is 1. The largest absolute Gasteiger partial charge is 0.375 e. The van der Waals surface area contributed by atoms with Crippen molar-refractivity contribution in [3.8, 4) is 0 Å². The molecule has 0 aliphatic heterocycles. The van der Waals surface area contributed by atoms with E-state index >= 15 is 0 Å². The summed E-state index contributed by atoms with van der Waals surface area (Å²) in [6.07, 6.45) is -0.116. The lowest BCUT2D eigenvalue weighted by atomic mass is 10.1. The number of ether oxygens (including phenoxy) is 1. The summed E-state index contributed by atoms with van der Waals surface area (Å²) in [7, 11) is 1.61. The Bertz CT molecular complexity index is 287. The van der Waals surface area contributed by atoms with E-state index in [1.807, 2.05) is 6.07 Å². The van der Waals surface area contributed by atoms with Crippen molar-refractivity contribution in [1.82, 2.24) is 0 Å². The van der Waals surface area contributed by atoms with Crippen molar-refractivity contribution in [3.63, 3.8) is 0 Å². The van der Waals surface area contributed by atoms with Gasteiger partial charge in [-0.05, 0) is 17.7 Å². The first-order valence-electron chi connectivity index (χ1n) is 3.87. The molecule has 1 atom stereocenters.